The first-order valence-corrected chi connectivity index (χ1v) is 9.17. The minimum Gasteiger partial charge on any atom is -0.202 e. The minimum atomic E-state index is -2.16. The second-order valence-electron chi connectivity index (χ2n) is 4.48. The molecule has 0 spiro atoms. The van der Waals surface area contributed by atoms with E-state index in [9.17, 15) is 22.0 Å². The maximum Gasteiger partial charge on any atom is 0.200 e. The Morgan fingerprint density at radius 3 is 1.56 bits per heavy atom. The Labute approximate surface area is 107 Å². The molecule has 0 N–H and O–H groups in total. The molecule has 0 aliphatic rings. The van der Waals surface area contributed by atoms with Crippen molar-refractivity contribution < 1.29 is 22.0 Å². The van der Waals surface area contributed by atoms with E-state index < -0.39 is 42.1 Å². The summed E-state index contributed by atoms with van der Waals surface area (Å²) in [7, 11) is -1.77. The lowest BCUT2D eigenvalue weighted by molar-refractivity contribution is 0.361. The quantitative estimate of drug-likeness (QED) is 0.186. The first kappa shape index (κ1) is 15.1. The molecule has 0 fully saturated rings. The normalized spacial score (nSPS) is 11.1. The van der Waals surface area contributed by atoms with Gasteiger partial charge in [0.25, 0.3) is 0 Å². The predicted molar refractivity (Wildman–Crippen MR) is 63.2 cm³/mol. The van der Waals surface area contributed by atoms with Gasteiger partial charge in [-0.15, -0.1) is 5.54 Å². The van der Waals surface area contributed by atoms with Crippen LogP contribution in [0.4, 0.5) is 22.0 Å². The number of hydrogen-bond acceptors (Lipinski definition) is 1. The molecular weight excluding hydrogens is 287 g/mol. The summed E-state index contributed by atoms with van der Waals surface area (Å²) in [5.41, 5.74) is 2.76. The van der Waals surface area contributed by atoms with Gasteiger partial charge in [-0.05, 0) is 17.0 Å². The molecule has 0 aliphatic heterocycles. The average Bonchev–Trinajstić information content (AvgIpc) is 2.27. The standard InChI is InChI=1S/C11H9F5SSi/c1-18(2,3)5-4-17-11-9(15)7(13)6(12)8(14)10(11)16/h1-3H3. The molecule has 0 atom stereocenters. The van der Waals surface area contributed by atoms with E-state index in [1.54, 1.807) is 0 Å². The van der Waals surface area contributed by atoms with Gasteiger partial charge in [-0.1, -0.05) is 19.6 Å². The molecule has 1 aromatic carbocycles. The first-order valence-electron chi connectivity index (χ1n) is 4.85. The monoisotopic (exact) mass is 296 g/mol. The van der Waals surface area contributed by atoms with Crippen LogP contribution >= 0.6 is 11.8 Å². The second-order valence-corrected chi connectivity index (χ2v) is 10.0. The lowest BCUT2D eigenvalue weighted by Gasteiger charge is -2.05. The Morgan fingerprint density at radius 1 is 0.778 bits per heavy atom. The molecular formula is C11H9F5SSi. The summed E-state index contributed by atoms with van der Waals surface area (Å²) in [6.45, 7) is 5.66. The molecule has 0 unspecified atom stereocenters. The fourth-order valence-electron chi connectivity index (χ4n) is 0.904. The van der Waals surface area contributed by atoms with Crippen molar-refractivity contribution in [1.82, 2.24) is 0 Å². The van der Waals surface area contributed by atoms with Gasteiger partial charge in [0.05, 0.1) is 4.90 Å². The Morgan fingerprint density at radius 2 is 1.17 bits per heavy atom. The SMILES string of the molecule is C[Si](C)(C)C#CSc1c(F)c(F)c(F)c(F)c1F. The van der Waals surface area contributed by atoms with E-state index in [4.69, 9.17) is 0 Å². The van der Waals surface area contributed by atoms with Crippen LogP contribution in [0, 0.1) is 39.9 Å². The largest absolute Gasteiger partial charge is 0.202 e. The summed E-state index contributed by atoms with van der Waals surface area (Å²) in [4.78, 5) is -0.961. The van der Waals surface area contributed by atoms with Crippen molar-refractivity contribution >= 4 is 19.8 Å². The average molecular weight is 296 g/mol. The smallest absolute Gasteiger partial charge is 0.200 e. The molecule has 18 heavy (non-hydrogen) atoms. The van der Waals surface area contributed by atoms with Crippen LogP contribution in [0.1, 0.15) is 0 Å². The van der Waals surface area contributed by atoms with Gasteiger partial charge >= 0.3 is 0 Å². The van der Waals surface area contributed by atoms with Gasteiger partial charge in [-0.2, -0.15) is 0 Å². The number of thioether (sulfide) groups is 1. The maximum atomic E-state index is 13.2. The number of rotatable bonds is 1. The van der Waals surface area contributed by atoms with Crippen molar-refractivity contribution in [1.29, 1.82) is 0 Å². The summed E-state index contributed by atoms with van der Waals surface area (Å²) < 4.78 is 64.9. The van der Waals surface area contributed by atoms with Crippen LogP contribution < -0.4 is 0 Å². The molecule has 0 nitrogen and oxygen atoms in total. The topological polar surface area (TPSA) is 0 Å². The zero-order valence-corrected chi connectivity index (χ0v) is 11.6. The van der Waals surface area contributed by atoms with Gasteiger partial charge in [-0.25, -0.2) is 22.0 Å². The molecule has 0 bridgehead atoms. The Kier molecular flexibility index (Phi) is 4.45. The summed E-state index contributed by atoms with van der Waals surface area (Å²) in [6, 6.07) is 0. The second kappa shape index (κ2) is 5.32. The lowest BCUT2D eigenvalue weighted by atomic mass is 10.3. The van der Waals surface area contributed by atoms with Crippen LogP contribution in [0.25, 0.3) is 0 Å². The highest BCUT2D eigenvalue weighted by Gasteiger charge is 2.25. The molecule has 1 aromatic rings. The summed E-state index contributed by atoms with van der Waals surface area (Å²) in [5.74, 6) is -9.76. The van der Waals surface area contributed by atoms with Gasteiger partial charge in [-0.3, -0.25) is 0 Å². The molecule has 1 rings (SSSR count). The third-order valence-corrected chi connectivity index (χ3v) is 3.57. The molecule has 0 heterocycles. The van der Waals surface area contributed by atoms with Crippen LogP contribution in [0.3, 0.4) is 0 Å². The van der Waals surface area contributed by atoms with Gasteiger partial charge < -0.3 is 0 Å². The van der Waals surface area contributed by atoms with Crippen molar-refractivity contribution in [3.63, 3.8) is 0 Å². The molecule has 0 aromatic heterocycles. The van der Waals surface area contributed by atoms with Crippen molar-refractivity contribution in [2.45, 2.75) is 24.5 Å². The molecule has 0 saturated carbocycles. The van der Waals surface area contributed by atoms with E-state index in [2.05, 4.69) is 10.8 Å². The lowest BCUT2D eigenvalue weighted by Crippen LogP contribution is -2.16. The van der Waals surface area contributed by atoms with E-state index >= 15 is 0 Å². The first-order chi connectivity index (χ1) is 8.15. The van der Waals surface area contributed by atoms with E-state index in [0.717, 1.165) is 0 Å². The van der Waals surface area contributed by atoms with Crippen molar-refractivity contribution in [3.8, 4) is 10.8 Å². The van der Waals surface area contributed by atoms with E-state index in [1.807, 2.05) is 19.6 Å². The van der Waals surface area contributed by atoms with Crippen LogP contribution in [-0.4, -0.2) is 8.07 Å². The zero-order chi connectivity index (χ0) is 14.1. The summed E-state index contributed by atoms with van der Waals surface area (Å²) >= 11 is 0.315. The molecule has 0 saturated heterocycles. The molecule has 0 amide bonds. The Balaban J connectivity index is 3.22. The summed E-state index contributed by atoms with van der Waals surface area (Å²) in [6.07, 6.45) is 0. The Bertz CT molecular complexity index is 510. The van der Waals surface area contributed by atoms with Crippen LogP contribution in [0.15, 0.2) is 4.90 Å². The van der Waals surface area contributed by atoms with Crippen LogP contribution in [-0.2, 0) is 0 Å². The fraction of sp³-hybridized carbons (Fsp3) is 0.273. The van der Waals surface area contributed by atoms with E-state index in [1.165, 1.54) is 0 Å². The van der Waals surface area contributed by atoms with Gasteiger partial charge in [0.2, 0.25) is 5.82 Å². The van der Waals surface area contributed by atoms with Crippen LogP contribution in [0.2, 0.25) is 19.6 Å². The highest BCUT2D eigenvalue weighted by Crippen LogP contribution is 2.30. The Hall–Kier alpha value is -1.00. The predicted octanol–water partition coefficient (Wildman–Crippen LogP) is 4.31. The molecule has 98 valence electrons. The summed E-state index contributed by atoms with van der Waals surface area (Å²) in [5, 5.41) is 2.39. The highest BCUT2D eigenvalue weighted by atomic mass is 32.2. The van der Waals surface area contributed by atoms with Crippen molar-refractivity contribution in [2.75, 3.05) is 0 Å². The maximum absolute atomic E-state index is 13.2. The van der Waals surface area contributed by atoms with E-state index in [-0.39, 0.29) is 0 Å². The number of benzene rings is 1. The zero-order valence-electron chi connectivity index (χ0n) is 9.80. The number of hydrogen-bond donors (Lipinski definition) is 0. The van der Waals surface area contributed by atoms with Crippen LogP contribution in [0.5, 0.6) is 0 Å². The van der Waals surface area contributed by atoms with Gasteiger partial charge in [0.15, 0.2) is 23.3 Å². The van der Waals surface area contributed by atoms with E-state index in [0.29, 0.717) is 11.8 Å². The van der Waals surface area contributed by atoms with Gasteiger partial charge in [0.1, 0.15) is 8.07 Å². The molecule has 7 heteroatoms. The highest BCUT2D eigenvalue weighted by molar-refractivity contribution is 8.04. The van der Waals surface area contributed by atoms with Crippen molar-refractivity contribution in [3.05, 3.63) is 29.1 Å². The third-order valence-electron chi connectivity index (χ3n) is 1.75. The molecule has 0 radical (unpaired) electrons. The van der Waals surface area contributed by atoms with Crippen molar-refractivity contribution in [2.24, 2.45) is 0 Å². The third kappa shape index (κ3) is 3.27. The number of halogens is 5. The fourth-order valence-corrected chi connectivity index (χ4v) is 2.79. The van der Waals surface area contributed by atoms with Gasteiger partial charge in [0, 0.05) is 0 Å². The molecule has 0 aliphatic carbocycles. The minimum absolute atomic E-state index is 0.315.